The lowest BCUT2D eigenvalue weighted by atomic mass is 9.75. The van der Waals surface area contributed by atoms with Crippen molar-refractivity contribution in [3.05, 3.63) is 71.5 Å². The van der Waals surface area contributed by atoms with Crippen LogP contribution in [0.15, 0.2) is 70.1 Å². The molecule has 0 radical (unpaired) electrons. The zero-order valence-corrected chi connectivity index (χ0v) is 38.9. The first kappa shape index (κ1) is 50.5. The van der Waals surface area contributed by atoms with Crippen LogP contribution in [0, 0.1) is 0 Å². The van der Waals surface area contributed by atoms with Crippen molar-refractivity contribution in [3.63, 3.8) is 0 Å². The molecule has 3 aliphatic heterocycles. The van der Waals surface area contributed by atoms with Gasteiger partial charge in [0.25, 0.3) is 30.4 Å². The van der Waals surface area contributed by atoms with Crippen molar-refractivity contribution < 1.29 is 63.0 Å². The fourth-order valence-corrected chi connectivity index (χ4v) is 10.7. The zero-order chi connectivity index (χ0) is 46.9. The van der Waals surface area contributed by atoms with E-state index in [4.69, 9.17) is 0 Å². The minimum atomic E-state index is -4.63. The lowest BCUT2D eigenvalue weighted by molar-refractivity contribution is -0.437. The number of hydrogen-bond donors (Lipinski definition) is 6. The average molecular weight is 950 g/mol. The largest absolute Gasteiger partial charge is 0.481 e. The number of allylic oxidation sites excluding steroid dienone is 4. The van der Waals surface area contributed by atoms with Gasteiger partial charge in [-0.15, -0.1) is 0 Å². The van der Waals surface area contributed by atoms with Gasteiger partial charge in [-0.3, -0.25) is 28.0 Å². The van der Waals surface area contributed by atoms with Crippen molar-refractivity contribution >= 4 is 65.2 Å². The molecule has 352 valence electrons. The first-order valence-corrected chi connectivity index (χ1v) is 26.3. The van der Waals surface area contributed by atoms with Gasteiger partial charge in [0.15, 0.2) is 5.71 Å². The number of aliphatic carboxylic acids is 1. The molecule has 6 N–H and O–H groups in total. The first-order chi connectivity index (χ1) is 30.0. The van der Waals surface area contributed by atoms with E-state index < -0.39 is 52.9 Å². The van der Waals surface area contributed by atoms with Crippen LogP contribution in [-0.2, 0) is 55.6 Å². The van der Waals surface area contributed by atoms with Gasteiger partial charge in [0.2, 0.25) is 17.5 Å². The Kier molecular flexibility index (Phi) is 16.8. The lowest BCUT2D eigenvalue weighted by Crippen LogP contribution is -2.34. The Bertz CT molecular complexity index is 2520. The molecule has 0 bridgehead atoms. The number of carboxylic acid groups (broad SMARTS) is 1. The molecule has 0 fully saturated rings. The number of nitrogens with zero attached hydrogens (tertiary/aromatic N) is 2. The number of fused-ring (bicyclic) bond motifs is 6. The van der Waals surface area contributed by atoms with Crippen LogP contribution in [0.4, 0.5) is 11.4 Å². The van der Waals surface area contributed by atoms with Gasteiger partial charge >= 0.3 is 5.97 Å². The Morgan fingerprint density at radius 1 is 0.766 bits per heavy atom. The summed E-state index contributed by atoms with van der Waals surface area (Å²) >= 11 is 0. The highest BCUT2D eigenvalue weighted by Gasteiger charge is 2.48. The van der Waals surface area contributed by atoms with Gasteiger partial charge in [-0.1, -0.05) is 38.2 Å². The van der Waals surface area contributed by atoms with Crippen molar-refractivity contribution in [3.8, 4) is 0 Å². The van der Waals surface area contributed by atoms with Crippen LogP contribution in [0.3, 0.4) is 0 Å². The van der Waals surface area contributed by atoms with E-state index in [2.05, 4.69) is 15.5 Å². The highest BCUT2D eigenvalue weighted by atomic mass is 32.2. The lowest BCUT2D eigenvalue weighted by Gasteiger charge is -2.30. The van der Waals surface area contributed by atoms with Crippen LogP contribution in [-0.4, -0.2) is 104 Å². The van der Waals surface area contributed by atoms with Crippen LogP contribution >= 0.6 is 0 Å². The molecule has 20 heteroatoms. The van der Waals surface area contributed by atoms with Crippen LogP contribution in [0.25, 0.3) is 0 Å². The van der Waals surface area contributed by atoms with Crippen LogP contribution in [0.5, 0.6) is 0 Å². The third kappa shape index (κ3) is 12.9. The smallest absolute Gasteiger partial charge is 0.303 e. The molecule has 2 aromatic rings. The predicted molar refractivity (Wildman–Crippen MR) is 241 cm³/mol. The third-order valence-corrected chi connectivity index (χ3v) is 15.0. The molecule has 5 rings (SSSR count). The molecule has 17 nitrogen and oxygen atoms in total. The summed E-state index contributed by atoms with van der Waals surface area (Å²) < 4.78 is 105. The summed E-state index contributed by atoms with van der Waals surface area (Å²) in [6.07, 6.45) is 12.4. The molecule has 2 unspecified atom stereocenters. The first-order valence-electron chi connectivity index (χ1n) is 21.8. The third-order valence-electron chi connectivity index (χ3n) is 12.5. The number of nitrogens with one attached hydrogen (secondary N) is 2. The van der Waals surface area contributed by atoms with Gasteiger partial charge < -0.3 is 20.6 Å². The SMILES string of the molecule is CC12CCCCCC(=O)NCCNC(=O)CCCCCN3/C(=C/C=C/C1=[N+](CCCS(=O)(=O)O)c1ccc(S(=O)(=O)O)cc12)C(C)(CCCCCC(=O)O)c1cc(S(=O)(=O)O)ccc13. The Balaban J connectivity index is 1.67. The Morgan fingerprint density at radius 2 is 1.38 bits per heavy atom. The fourth-order valence-electron chi connectivity index (χ4n) is 9.21. The summed E-state index contributed by atoms with van der Waals surface area (Å²) in [6.45, 7) is 5.06. The molecule has 64 heavy (non-hydrogen) atoms. The number of amides is 2. The quantitative estimate of drug-likeness (QED) is 0.0832. The van der Waals surface area contributed by atoms with Crippen LogP contribution in [0.2, 0.25) is 0 Å². The van der Waals surface area contributed by atoms with Crippen LogP contribution < -0.4 is 15.5 Å². The topological polar surface area (TPSA) is 265 Å². The Labute approximate surface area is 376 Å². The van der Waals surface area contributed by atoms with E-state index in [9.17, 15) is 58.4 Å². The van der Waals surface area contributed by atoms with Gasteiger partial charge in [0.1, 0.15) is 6.54 Å². The molecular formula is C44H61N4O13S3+. The van der Waals surface area contributed by atoms with Crippen molar-refractivity contribution in [2.75, 3.05) is 36.8 Å². The van der Waals surface area contributed by atoms with E-state index in [0.717, 1.165) is 11.4 Å². The predicted octanol–water partition coefficient (Wildman–Crippen LogP) is 5.82. The number of anilines is 1. The summed E-state index contributed by atoms with van der Waals surface area (Å²) in [7, 11) is -13.5. The van der Waals surface area contributed by atoms with Crippen molar-refractivity contribution in [2.45, 2.75) is 131 Å². The zero-order valence-electron chi connectivity index (χ0n) is 36.4. The van der Waals surface area contributed by atoms with E-state index in [1.165, 1.54) is 24.3 Å². The average Bonchev–Trinajstić information content (AvgIpc) is 3.57. The number of benzene rings is 2. The maximum atomic E-state index is 12.6. The van der Waals surface area contributed by atoms with Crippen LogP contribution in [0.1, 0.15) is 121 Å². The molecule has 0 spiro atoms. The Morgan fingerprint density at radius 3 is 1.98 bits per heavy atom. The molecule has 3 heterocycles. The maximum absolute atomic E-state index is 12.6. The number of unbranched alkanes of at least 4 members (excludes halogenated alkanes) is 2. The fraction of sp³-hybridized carbons (Fsp3) is 0.545. The van der Waals surface area contributed by atoms with E-state index >= 15 is 0 Å². The standard InChI is InChI=1S/C44H60N4O13S3/c1-43(24-10-4-8-18-42(51)52)34-30-32(63(56,57)58)19-21-36(34)47-27-11-5-7-17-41(50)46-26-25-45-40(49)16-6-3-9-23-44(2)35-31-33(64(59,60)61)20-22-37(35)48(28-13-29-62(53,54)55)39(44)15-12-14-38(43)47/h12,14-15,19-22,30-31H,3-11,13,16-18,23-29H2,1-2H3,(H5-,45,46,49,50,51,52,53,54,55,56,57,58,59,60,61)/p+1. The van der Waals surface area contributed by atoms with Gasteiger partial charge in [-0.2, -0.15) is 29.8 Å². The summed E-state index contributed by atoms with van der Waals surface area (Å²) in [6, 6.07) is 8.74. The highest BCUT2D eigenvalue weighted by molar-refractivity contribution is 7.86. The molecule has 2 atom stereocenters. The Hall–Kier alpha value is -4.47. The summed E-state index contributed by atoms with van der Waals surface area (Å²) in [5.74, 6) is -1.72. The van der Waals surface area contributed by atoms with Gasteiger partial charge in [-0.25, -0.2) is 0 Å². The molecule has 0 aliphatic carbocycles. The molecule has 0 saturated heterocycles. The second-order valence-electron chi connectivity index (χ2n) is 17.2. The maximum Gasteiger partial charge on any atom is 0.303 e. The number of carboxylic acids is 1. The van der Waals surface area contributed by atoms with Crippen molar-refractivity contribution in [1.29, 1.82) is 0 Å². The number of rotatable bonds is 12. The highest BCUT2D eigenvalue weighted by Crippen LogP contribution is 2.52. The second kappa shape index (κ2) is 21.2. The second-order valence-corrected chi connectivity index (χ2v) is 21.7. The van der Waals surface area contributed by atoms with Crippen molar-refractivity contribution in [1.82, 2.24) is 10.6 Å². The summed E-state index contributed by atoms with van der Waals surface area (Å²) in [5, 5.41) is 15.0. The molecule has 2 amide bonds. The summed E-state index contributed by atoms with van der Waals surface area (Å²) in [5.41, 5.74) is 2.27. The van der Waals surface area contributed by atoms with Gasteiger partial charge in [-0.05, 0) is 94.3 Å². The molecule has 0 saturated carbocycles. The van der Waals surface area contributed by atoms with E-state index in [1.807, 2.05) is 36.7 Å². The molecule has 0 aromatic heterocycles. The monoisotopic (exact) mass is 949 g/mol. The van der Waals surface area contributed by atoms with Gasteiger partial charge in [0.05, 0.1) is 21.0 Å². The number of carbonyl (C=O) groups is 3. The summed E-state index contributed by atoms with van der Waals surface area (Å²) in [4.78, 5) is 38.1. The number of hydrogen-bond acceptors (Lipinski definition) is 10. The molecular weight excluding hydrogens is 889 g/mol. The van der Waals surface area contributed by atoms with E-state index in [1.54, 1.807) is 12.1 Å². The number of carbonyl (C=O) groups excluding carboxylic acids is 2. The minimum absolute atomic E-state index is 0.00295. The van der Waals surface area contributed by atoms with E-state index in [-0.39, 0.29) is 66.9 Å². The normalized spacial score (nSPS) is 23.5. The molecule has 2 aromatic carbocycles. The minimum Gasteiger partial charge on any atom is -0.481 e. The van der Waals surface area contributed by atoms with E-state index in [0.29, 0.717) is 99.7 Å². The molecule has 3 aliphatic rings. The van der Waals surface area contributed by atoms with Crippen molar-refractivity contribution in [2.24, 2.45) is 0 Å². The van der Waals surface area contributed by atoms with Gasteiger partial charge in [0, 0.05) is 79.8 Å².